The van der Waals surface area contributed by atoms with E-state index in [9.17, 15) is 5.11 Å². The van der Waals surface area contributed by atoms with Crippen LogP contribution in [-0.2, 0) is 0 Å². The first-order valence-corrected chi connectivity index (χ1v) is 6.87. The Hall–Kier alpha value is -0.270. The zero-order chi connectivity index (χ0) is 12.8. The van der Waals surface area contributed by atoms with Crippen molar-refractivity contribution in [3.63, 3.8) is 0 Å². The fraction of sp³-hybridized carbons (Fsp3) is 0.733. The Balaban J connectivity index is 2.39. The lowest BCUT2D eigenvalue weighted by molar-refractivity contribution is -0.0103. The molecule has 0 bridgehead atoms. The number of allylic oxidation sites excluding steroid dienone is 2. The molecule has 2 heteroatoms. The molecule has 0 aromatic carbocycles. The third-order valence-electron chi connectivity index (χ3n) is 5.05. The van der Waals surface area contributed by atoms with Crippen LogP contribution in [0.5, 0.6) is 0 Å². The van der Waals surface area contributed by atoms with Crippen molar-refractivity contribution >= 4 is 11.6 Å². The van der Waals surface area contributed by atoms with E-state index in [4.69, 9.17) is 11.6 Å². The SMILES string of the molecule is C=C1C[C@H](O)CC(C)(C)[C@@]12CCC(C)=C(Cl)C2. The Morgan fingerprint density at radius 2 is 2.06 bits per heavy atom. The molecule has 0 saturated heterocycles. The number of hydrogen-bond acceptors (Lipinski definition) is 1. The van der Waals surface area contributed by atoms with Gasteiger partial charge < -0.3 is 5.11 Å². The zero-order valence-corrected chi connectivity index (χ0v) is 11.9. The molecule has 0 aromatic heterocycles. The van der Waals surface area contributed by atoms with Crippen LogP contribution in [0.1, 0.15) is 52.9 Å². The molecule has 0 heterocycles. The molecular weight excluding hydrogens is 232 g/mol. The molecule has 17 heavy (non-hydrogen) atoms. The third-order valence-corrected chi connectivity index (χ3v) is 5.50. The molecule has 0 aliphatic heterocycles. The Bertz CT molecular complexity index is 380. The summed E-state index contributed by atoms with van der Waals surface area (Å²) in [6.45, 7) is 10.9. The van der Waals surface area contributed by atoms with Gasteiger partial charge in [0, 0.05) is 10.4 Å². The molecule has 2 rings (SSSR count). The van der Waals surface area contributed by atoms with Gasteiger partial charge in [0.2, 0.25) is 0 Å². The van der Waals surface area contributed by atoms with Crippen LogP contribution in [0.4, 0.5) is 0 Å². The van der Waals surface area contributed by atoms with Gasteiger partial charge >= 0.3 is 0 Å². The molecule has 1 fully saturated rings. The molecule has 2 atom stereocenters. The summed E-state index contributed by atoms with van der Waals surface area (Å²) in [5.74, 6) is 0. The molecule has 2 aliphatic carbocycles. The molecule has 1 spiro atoms. The van der Waals surface area contributed by atoms with Crippen molar-refractivity contribution in [1.29, 1.82) is 0 Å². The summed E-state index contributed by atoms with van der Waals surface area (Å²) in [5, 5.41) is 11.0. The highest BCUT2D eigenvalue weighted by Crippen LogP contribution is 2.61. The first-order valence-electron chi connectivity index (χ1n) is 6.49. The summed E-state index contributed by atoms with van der Waals surface area (Å²) in [7, 11) is 0. The maximum Gasteiger partial charge on any atom is 0.0582 e. The van der Waals surface area contributed by atoms with Gasteiger partial charge in [-0.1, -0.05) is 43.2 Å². The van der Waals surface area contributed by atoms with E-state index in [2.05, 4.69) is 27.4 Å². The number of aliphatic hydroxyl groups excluding tert-OH is 1. The van der Waals surface area contributed by atoms with Crippen molar-refractivity contribution in [1.82, 2.24) is 0 Å². The third kappa shape index (κ3) is 1.98. The molecule has 1 saturated carbocycles. The summed E-state index contributed by atoms with van der Waals surface area (Å²) in [4.78, 5) is 0. The quantitative estimate of drug-likeness (QED) is 0.635. The zero-order valence-electron chi connectivity index (χ0n) is 11.1. The van der Waals surface area contributed by atoms with Gasteiger partial charge in [-0.05, 0) is 44.4 Å². The second-order valence-electron chi connectivity index (χ2n) is 6.49. The fourth-order valence-corrected chi connectivity index (χ4v) is 4.06. The summed E-state index contributed by atoms with van der Waals surface area (Å²) in [6, 6.07) is 0. The van der Waals surface area contributed by atoms with Gasteiger partial charge in [-0.15, -0.1) is 0 Å². The van der Waals surface area contributed by atoms with E-state index < -0.39 is 0 Å². The molecule has 96 valence electrons. The van der Waals surface area contributed by atoms with E-state index in [0.717, 1.165) is 37.1 Å². The lowest BCUT2D eigenvalue weighted by Crippen LogP contribution is -2.47. The molecule has 0 amide bonds. The molecule has 1 nitrogen and oxygen atoms in total. The Kier molecular flexibility index (Phi) is 3.20. The van der Waals surface area contributed by atoms with Gasteiger partial charge in [0.1, 0.15) is 0 Å². The Labute approximate surface area is 110 Å². The van der Waals surface area contributed by atoms with E-state index in [1.807, 2.05) is 0 Å². The monoisotopic (exact) mass is 254 g/mol. The van der Waals surface area contributed by atoms with Crippen LogP contribution in [0.25, 0.3) is 0 Å². The first kappa shape index (κ1) is 13.2. The predicted molar refractivity (Wildman–Crippen MR) is 73.0 cm³/mol. The summed E-state index contributed by atoms with van der Waals surface area (Å²) in [5.41, 5.74) is 2.71. The predicted octanol–water partition coefficient (Wildman–Crippen LogP) is 4.41. The number of rotatable bonds is 0. The maximum atomic E-state index is 9.94. The van der Waals surface area contributed by atoms with Crippen LogP contribution in [-0.4, -0.2) is 11.2 Å². The molecule has 2 aliphatic rings. The second-order valence-corrected chi connectivity index (χ2v) is 6.95. The number of aliphatic hydroxyl groups is 1. The minimum absolute atomic E-state index is 0.0859. The van der Waals surface area contributed by atoms with Crippen molar-refractivity contribution < 1.29 is 5.11 Å². The van der Waals surface area contributed by atoms with Crippen molar-refractivity contribution in [2.45, 2.75) is 59.0 Å². The van der Waals surface area contributed by atoms with E-state index in [-0.39, 0.29) is 16.9 Å². The van der Waals surface area contributed by atoms with Gasteiger partial charge in [0.25, 0.3) is 0 Å². The Morgan fingerprint density at radius 3 is 2.59 bits per heavy atom. The summed E-state index contributed by atoms with van der Waals surface area (Å²) >= 11 is 6.39. The highest BCUT2D eigenvalue weighted by Gasteiger charge is 2.51. The van der Waals surface area contributed by atoms with E-state index >= 15 is 0 Å². The normalized spacial score (nSPS) is 37.7. The minimum Gasteiger partial charge on any atom is -0.393 e. The van der Waals surface area contributed by atoms with Gasteiger partial charge in [0.05, 0.1) is 6.10 Å². The topological polar surface area (TPSA) is 20.2 Å². The fourth-order valence-electron chi connectivity index (χ4n) is 3.74. The van der Waals surface area contributed by atoms with Gasteiger partial charge in [-0.3, -0.25) is 0 Å². The van der Waals surface area contributed by atoms with Crippen LogP contribution < -0.4 is 0 Å². The molecule has 0 radical (unpaired) electrons. The molecule has 0 unspecified atom stereocenters. The average Bonchev–Trinajstić information content (AvgIpc) is 2.19. The number of hydrogen-bond donors (Lipinski definition) is 1. The highest BCUT2D eigenvalue weighted by molar-refractivity contribution is 6.30. The largest absolute Gasteiger partial charge is 0.393 e. The Morgan fingerprint density at radius 1 is 1.41 bits per heavy atom. The minimum atomic E-state index is -0.228. The lowest BCUT2D eigenvalue weighted by atomic mass is 9.51. The van der Waals surface area contributed by atoms with Crippen molar-refractivity contribution in [3.8, 4) is 0 Å². The second kappa shape index (κ2) is 4.13. The highest BCUT2D eigenvalue weighted by atomic mass is 35.5. The van der Waals surface area contributed by atoms with Crippen molar-refractivity contribution in [2.75, 3.05) is 0 Å². The van der Waals surface area contributed by atoms with E-state index in [0.29, 0.717) is 0 Å². The molecule has 0 aromatic rings. The summed E-state index contributed by atoms with van der Waals surface area (Å²) < 4.78 is 0. The van der Waals surface area contributed by atoms with Gasteiger partial charge in [-0.2, -0.15) is 0 Å². The van der Waals surface area contributed by atoms with Gasteiger partial charge in [0.15, 0.2) is 0 Å². The lowest BCUT2D eigenvalue weighted by Gasteiger charge is -2.55. The average molecular weight is 255 g/mol. The molecular formula is C15H23ClO. The maximum absolute atomic E-state index is 9.94. The van der Waals surface area contributed by atoms with Crippen molar-refractivity contribution in [3.05, 3.63) is 22.8 Å². The molecule has 1 N–H and O–H groups in total. The number of halogens is 1. The van der Waals surface area contributed by atoms with Crippen LogP contribution in [0.3, 0.4) is 0 Å². The van der Waals surface area contributed by atoms with E-state index in [1.54, 1.807) is 0 Å². The smallest absolute Gasteiger partial charge is 0.0582 e. The first-order chi connectivity index (χ1) is 7.78. The van der Waals surface area contributed by atoms with E-state index in [1.165, 1.54) is 11.1 Å². The standard InChI is InChI=1S/C15H23ClO/c1-10-5-6-15(9-13(10)16)11(2)7-12(17)8-14(15,3)4/h12,17H,2,5-9H2,1,3-4H3/t12-,15+/m0/s1. The van der Waals surface area contributed by atoms with Crippen LogP contribution in [0, 0.1) is 10.8 Å². The van der Waals surface area contributed by atoms with Crippen LogP contribution >= 0.6 is 11.6 Å². The summed E-state index contributed by atoms with van der Waals surface area (Å²) in [6.07, 6.45) is 4.49. The van der Waals surface area contributed by atoms with Crippen LogP contribution in [0.15, 0.2) is 22.8 Å². The van der Waals surface area contributed by atoms with Gasteiger partial charge in [-0.25, -0.2) is 0 Å². The van der Waals surface area contributed by atoms with Crippen molar-refractivity contribution in [2.24, 2.45) is 10.8 Å². The van der Waals surface area contributed by atoms with Crippen LogP contribution in [0.2, 0.25) is 0 Å².